The number of carbonyl (C=O) groups excluding carboxylic acids is 1. The smallest absolute Gasteiger partial charge is 0.221 e. The second-order valence-corrected chi connectivity index (χ2v) is 9.06. The Labute approximate surface area is 194 Å². The Morgan fingerprint density at radius 2 is 1.79 bits per heavy atom. The maximum absolute atomic E-state index is 12.6. The molecule has 5 rings (SSSR count). The summed E-state index contributed by atoms with van der Waals surface area (Å²) < 4.78 is 0. The maximum Gasteiger partial charge on any atom is 0.221 e. The number of hydrogen-bond acceptors (Lipinski definition) is 6. The first-order valence-corrected chi connectivity index (χ1v) is 12.0. The molecule has 0 saturated carbocycles. The van der Waals surface area contributed by atoms with Crippen molar-refractivity contribution in [1.29, 1.82) is 0 Å². The zero-order valence-corrected chi connectivity index (χ0v) is 18.9. The molecule has 33 heavy (non-hydrogen) atoms. The third kappa shape index (κ3) is 4.93. The molecule has 2 N–H and O–H groups in total. The number of rotatable bonds is 6. The van der Waals surface area contributed by atoms with Gasteiger partial charge in [0.15, 0.2) is 5.82 Å². The number of phenols is 1. The molecule has 172 valence electrons. The quantitative estimate of drug-likeness (QED) is 0.604. The van der Waals surface area contributed by atoms with Gasteiger partial charge in [0.1, 0.15) is 11.6 Å². The van der Waals surface area contributed by atoms with Gasteiger partial charge in [-0.3, -0.25) is 4.79 Å². The van der Waals surface area contributed by atoms with E-state index in [4.69, 9.17) is 9.97 Å². The van der Waals surface area contributed by atoms with Crippen LogP contribution in [0.5, 0.6) is 5.75 Å². The molecule has 2 fully saturated rings. The number of fused-ring (bicyclic) bond motifs is 1. The molecule has 1 atom stereocenters. The molecule has 3 heterocycles. The van der Waals surface area contributed by atoms with Crippen molar-refractivity contribution in [2.45, 2.75) is 38.1 Å². The van der Waals surface area contributed by atoms with Gasteiger partial charge in [0, 0.05) is 37.5 Å². The van der Waals surface area contributed by atoms with E-state index in [1.54, 1.807) is 12.1 Å². The fraction of sp³-hybridized carbons (Fsp3) is 0.423. The normalized spacial score (nSPS) is 19.2. The fourth-order valence-corrected chi connectivity index (χ4v) is 4.90. The third-order valence-corrected chi connectivity index (χ3v) is 6.68. The molecule has 7 heteroatoms. The van der Waals surface area contributed by atoms with E-state index in [1.807, 2.05) is 36.4 Å². The van der Waals surface area contributed by atoms with Crippen LogP contribution < -0.4 is 10.2 Å². The highest BCUT2D eigenvalue weighted by Crippen LogP contribution is 2.32. The van der Waals surface area contributed by atoms with Crippen molar-refractivity contribution in [1.82, 2.24) is 20.2 Å². The molecular weight excluding hydrogens is 414 g/mol. The molecule has 2 aliphatic rings. The van der Waals surface area contributed by atoms with Gasteiger partial charge >= 0.3 is 0 Å². The van der Waals surface area contributed by atoms with Crippen molar-refractivity contribution in [3.63, 3.8) is 0 Å². The Morgan fingerprint density at radius 3 is 2.64 bits per heavy atom. The molecule has 2 aromatic carbocycles. The van der Waals surface area contributed by atoms with Crippen LogP contribution in [0.4, 0.5) is 5.82 Å². The average Bonchev–Trinajstić information content (AvgIpc) is 3.31. The van der Waals surface area contributed by atoms with Gasteiger partial charge in [0.2, 0.25) is 5.91 Å². The van der Waals surface area contributed by atoms with Crippen LogP contribution in [0.1, 0.15) is 32.1 Å². The van der Waals surface area contributed by atoms with Gasteiger partial charge in [-0.05, 0) is 56.6 Å². The minimum absolute atomic E-state index is 0.112. The first-order chi connectivity index (χ1) is 16.2. The van der Waals surface area contributed by atoms with Crippen LogP contribution in [0, 0.1) is 0 Å². The number of phenolic OH excluding ortho intramolecular Hbond substituents is 1. The minimum Gasteiger partial charge on any atom is -0.507 e. The number of anilines is 1. The molecule has 2 saturated heterocycles. The van der Waals surface area contributed by atoms with Gasteiger partial charge in [-0.25, -0.2) is 9.97 Å². The Hall–Kier alpha value is -3.19. The van der Waals surface area contributed by atoms with Crippen LogP contribution in [-0.4, -0.2) is 64.6 Å². The number of piperidine rings is 1. The topological polar surface area (TPSA) is 81.6 Å². The molecule has 0 spiro atoms. The van der Waals surface area contributed by atoms with Crippen LogP contribution in [0.3, 0.4) is 0 Å². The second kappa shape index (κ2) is 9.75. The first-order valence-electron chi connectivity index (χ1n) is 12.0. The minimum atomic E-state index is 0.112. The predicted octanol–water partition coefficient (Wildman–Crippen LogP) is 3.57. The number of aromatic nitrogens is 2. The summed E-state index contributed by atoms with van der Waals surface area (Å²) in [5.74, 6) is 1.66. The van der Waals surface area contributed by atoms with E-state index in [2.05, 4.69) is 15.1 Å². The van der Waals surface area contributed by atoms with Gasteiger partial charge in [-0.15, -0.1) is 0 Å². The van der Waals surface area contributed by atoms with Gasteiger partial charge in [0.25, 0.3) is 0 Å². The van der Waals surface area contributed by atoms with Crippen LogP contribution in [0.25, 0.3) is 22.3 Å². The maximum atomic E-state index is 12.6. The molecular formula is C26H31N5O2. The number of para-hydroxylation sites is 2. The van der Waals surface area contributed by atoms with Gasteiger partial charge in [-0.1, -0.05) is 30.7 Å². The van der Waals surface area contributed by atoms with Gasteiger partial charge in [0.05, 0.1) is 11.1 Å². The first kappa shape index (κ1) is 21.6. The zero-order valence-electron chi connectivity index (χ0n) is 18.9. The highest BCUT2D eigenvalue weighted by molar-refractivity contribution is 5.91. The third-order valence-electron chi connectivity index (χ3n) is 6.68. The summed E-state index contributed by atoms with van der Waals surface area (Å²) in [4.78, 5) is 26.8. The van der Waals surface area contributed by atoms with Crippen molar-refractivity contribution in [3.05, 3.63) is 48.5 Å². The predicted molar refractivity (Wildman–Crippen MR) is 130 cm³/mol. The number of likely N-dealkylation sites (tertiary alicyclic amines) is 1. The Morgan fingerprint density at radius 1 is 1.00 bits per heavy atom. The van der Waals surface area contributed by atoms with Crippen molar-refractivity contribution >= 4 is 22.6 Å². The van der Waals surface area contributed by atoms with E-state index < -0.39 is 0 Å². The van der Waals surface area contributed by atoms with Gasteiger partial charge in [-0.2, -0.15) is 0 Å². The van der Waals surface area contributed by atoms with E-state index in [0.29, 0.717) is 17.8 Å². The fourth-order valence-electron chi connectivity index (χ4n) is 4.90. The summed E-state index contributed by atoms with van der Waals surface area (Å²) in [6.45, 7) is 4.62. The lowest BCUT2D eigenvalue weighted by molar-refractivity contribution is -0.122. The van der Waals surface area contributed by atoms with E-state index in [-0.39, 0.29) is 17.7 Å². The summed E-state index contributed by atoms with van der Waals surface area (Å²) in [5.41, 5.74) is 1.46. The summed E-state index contributed by atoms with van der Waals surface area (Å²) in [6.07, 6.45) is 5.25. The average molecular weight is 446 g/mol. The van der Waals surface area contributed by atoms with E-state index in [9.17, 15) is 9.90 Å². The lowest BCUT2D eigenvalue weighted by Crippen LogP contribution is -2.39. The Balaban J connectivity index is 1.30. The monoisotopic (exact) mass is 445 g/mol. The van der Waals surface area contributed by atoms with Crippen molar-refractivity contribution < 1.29 is 9.90 Å². The zero-order chi connectivity index (χ0) is 22.6. The lowest BCUT2D eigenvalue weighted by Gasteiger charge is -2.26. The molecule has 0 bridgehead atoms. The Kier molecular flexibility index (Phi) is 6.39. The number of amides is 1. The summed E-state index contributed by atoms with van der Waals surface area (Å²) in [5, 5.41) is 14.5. The highest BCUT2D eigenvalue weighted by atomic mass is 16.3. The molecule has 7 nitrogen and oxygen atoms in total. The SMILES string of the molecule is O=C(CCN1CCCCC1)N[C@@H]1CCN(c2nc(-c3ccccc3O)nc3ccccc23)C1. The van der Waals surface area contributed by atoms with E-state index in [1.165, 1.54) is 19.3 Å². The van der Waals surface area contributed by atoms with E-state index >= 15 is 0 Å². The molecule has 2 aliphatic heterocycles. The number of aromatic hydroxyl groups is 1. The van der Waals surface area contributed by atoms with Gasteiger partial charge < -0.3 is 20.2 Å². The number of carbonyl (C=O) groups is 1. The lowest BCUT2D eigenvalue weighted by atomic mass is 10.1. The second-order valence-electron chi connectivity index (χ2n) is 9.06. The van der Waals surface area contributed by atoms with Crippen molar-refractivity contribution in [3.8, 4) is 17.1 Å². The number of nitrogens with zero attached hydrogens (tertiary/aromatic N) is 4. The standard InChI is InChI=1S/C26H31N5O2/c32-23-11-5-3-9-21(23)25-28-22-10-4-2-8-20(22)26(29-25)31-17-12-19(18-31)27-24(33)13-16-30-14-6-1-7-15-30/h2-5,8-11,19,32H,1,6-7,12-18H2,(H,27,33)/t19-/m1/s1. The van der Waals surface area contributed by atoms with Crippen LogP contribution in [0.15, 0.2) is 48.5 Å². The molecule has 0 unspecified atom stereocenters. The number of hydrogen-bond donors (Lipinski definition) is 2. The number of benzene rings is 2. The molecule has 1 amide bonds. The molecule has 0 aliphatic carbocycles. The summed E-state index contributed by atoms with van der Waals surface area (Å²) in [6, 6.07) is 15.2. The molecule has 3 aromatic rings. The van der Waals surface area contributed by atoms with Crippen molar-refractivity contribution in [2.75, 3.05) is 37.6 Å². The highest BCUT2D eigenvalue weighted by Gasteiger charge is 2.27. The number of nitrogens with one attached hydrogen (secondary N) is 1. The van der Waals surface area contributed by atoms with Crippen molar-refractivity contribution in [2.24, 2.45) is 0 Å². The molecule has 1 aromatic heterocycles. The van der Waals surface area contributed by atoms with Crippen LogP contribution in [-0.2, 0) is 4.79 Å². The summed E-state index contributed by atoms with van der Waals surface area (Å²) >= 11 is 0. The summed E-state index contributed by atoms with van der Waals surface area (Å²) in [7, 11) is 0. The van der Waals surface area contributed by atoms with Crippen LogP contribution >= 0.6 is 0 Å². The molecule has 0 radical (unpaired) electrons. The Bertz CT molecular complexity index is 1130. The van der Waals surface area contributed by atoms with E-state index in [0.717, 1.165) is 55.9 Å². The largest absolute Gasteiger partial charge is 0.507 e. The van der Waals surface area contributed by atoms with Crippen LogP contribution in [0.2, 0.25) is 0 Å².